The maximum absolute atomic E-state index is 11.7. The fourth-order valence-electron chi connectivity index (χ4n) is 1.85. The van der Waals surface area contributed by atoms with Crippen molar-refractivity contribution in [3.05, 3.63) is 0 Å². The van der Waals surface area contributed by atoms with Crippen LogP contribution in [-0.2, 0) is 9.53 Å². The highest BCUT2D eigenvalue weighted by molar-refractivity contribution is 5.78. The Bertz CT molecular complexity index is 191. The maximum atomic E-state index is 11.7. The van der Waals surface area contributed by atoms with Crippen LogP contribution >= 0.6 is 0 Å². The molecule has 4 heteroatoms. The summed E-state index contributed by atoms with van der Waals surface area (Å²) in [5.74, 6) is 0.369. The number of carbonyl (C=O) groups excluding carboxylic acids is 1. The molecule has 0 aromatic heterocycles. The summed E-state index contributed by atoms with van der Waals surface area (Å²) >= 11 is 0. The molecule has 94 valence electrons. The van der Waals surface area contributed by atoms with Gasteiger partial charge in [-0.15, -0.1) is 0 Å². The van der Waals surface area contributed by atoms with Crippen LogP contribution in [-0.4, -0.2) is 38.8 Å². The molecule has 0 aromatic carbocycles. The third kappa shape index (κ3) is 5.47. The highest BCUT2D eigenvalue weighted by Gasteiger charge is 2.19. The average Bonchev–Trinajstić information content (AvgIpc) is 2.34. The molecule has 0 unspecified atom stereocenters. The van der Waals surface area contributed by atoms with E-state index in [0.717, 1.165) is 58.5 Å². The summed E-state index contributed by atoms with van der Waals surface area (Å²) in [5, 5.41) is 6.22. The summed E-state index contributed by atoms with van der Waals surface area (Å²) in [6, 6.07) is 0. The summed E-state index contributed by atoms with van der Waals surface area (Å²) in [6.07, 6.45) is 4.09. The first-order chi connectivity index (χ1) is 7.84. The third-order valence-corrected chi connectivity index (χ3v) is 2.78. The molecule has 1 amide bonds. The summed E-state index contributed by atoms with van der Waals surface area (Å²) < 4.78 is 5.35. The molecule has 0 aromatic rings. The molecule has 0 bridgehead atoms. The van der Waals surface area contributed by atoms with E-state index in [9.17, 15) is 4.79 Å². The van der Waals surface area contributed by atoms with Gasteiger partial charge >= 0.3 is 0 Å². The topological polar surface area (TPSA) is 50.4 Å². The number of piperidine rings is 1. The minimum atomic E-state index is 0.172. The van der Waals surface area contributed by atoms with Gasteiger partial charge in [0.15, 0.2) is 0 Å². The molecular weight excluding hydrogens is 204 g/mol. The van der Waals surface area contributed by atoms with Gasteiger partial charge in [-0.1, -0.05) is 6.92 Å². The Hall–Kier alpha value is -0.610. The maximum Gasteiger partial charge on any atom is 0.224 e. The summed E-state index contributed by atoms with van der Waals surface area (Å²) in [6.45, 7) is 6.28. The lowest BCUT2D eigenvalue weighted by molar-refractivity contribution is -0.125. The van der Waals surface area contributed by atoms with Crippen LogP contribution in [0.25, 0.3) is 0 Å². The third-order valence-electron chi connectivity index (χ3n) is 2.78. The second-order valence-corrected chi connectivity index (χ2v) is 4.30. The molecule has 1 aliphatic rings. The largest absolute Gasteiger partial charge is 0.381 e. The van der Waals surface area contributed by atoms with Gasteiger partial charge in [0.1, 0.15) is 0 Å². The number of nitrogens with one attached hydrogen (secondary N) is 2. The smallest absolute Gasteiger partial charge is 0.224 e. The quantitative estimate of drug-likeness (QED) is 0.637. The van der Waals surface area contributed by atoms with Gasteiger partial charge in [-0.2, -0.15) is 0 Å². The molecule has 4 nitrogen and oxygen atoms in total. The highest BCUT2D eigenvalue weighted by Crippen LogP contribution is 2.09. The van der Waals surface area contributed by atoms with Crippen LogP contribution in [0.4, 0.5) is 0 Å². The van der Waals surface area contributed by atoms with E-state index in [4.69, 9.17) is 4.74 Å². The molecule has 0 radical (unpaired) electrons. The Morgan fingerprint density at radius 3 is 3.06 bits per heavy atom. The molecule has 0 spiro atoms. The first kappa shape index (κ1) is 13.5. The molecule has 1 aliphatic heterocycles. The molecule has 1 rings (SSSR count). The molecule has 16 heavy (non-hydrogen) atoms. The van der Waals surface area contributed by atoms with Crippen LogP contribution < -0.4 is 10.6 Å². The molecule has 1 saturated heterocycles. The number of hydrogen-bond acceptors (Lipinski definition) is 3. The molecule has 1 heterocycles. The number of hydrogen-bond donors (Lipinski definition) is 2. The van der Waals surface area contributed by atoms with Gasteiger partial charge in [0.05, 0.1) is 5.92 Å². The van der Waals surface area contributed by atoms with E-state index in [1.54, 1.807) is 0 Å². The van der Waals surface area contributed by atoms with Crippen LogP contribution in [0.2, 0.25) is 0 Å². The van der Waals surface area contributed by atoms with E-state index in [1.807, 2.05) is 0 Å². The molecule has 1 fully saturated rings. The number of rotatable bonds is 7. The zero-order valence-corrected chi connectivity index (χ0v) is 10.3. The molecular formula is C12H24N2O2. The highest BCUT2D eigenvalue weighted by atomic mass is 16.5. The lowest BCUT2D eigenvalue weighted by Crippen LogP contribution is -2.40. The fraction of sp³-hybridized carbons (Fsp3) is 0.917. The Morgan fingerprint density at radius 2 is 2.38 bits per heavy atom. The van der Waals surface area contributed by atoms with E-state index < -0.39 is 0 Å². The van der Waals surface area contributed by atoms with Crippen molar-refractivity contribution in [1.82, 2.24) is 10.6 Å². The summed E-state index contributed by atoms with van der Waals surface area (Å²) in [4.78, 5) is 11.7. The van der Waals surface area contributed by atoms with Crippen LogP contribution in [0.15, 0.2) is 0 Å². The Labute approximate surface area is 98.1 Å². The van der Waals surface area contributed by atoms with E-state index in [-0.39, 0.29) is 11.8 Å². The van der Waals surface area contributed by atoms with Gasteiger partial charge in [-0.3, -0.25) is 4.79 Å². The van der Waals surface area contributed by atoms with Crippen molar-refractivity contribution >= 4 is 5.91 Å². The Balaban J connectivity index is 1.97. The summed E-state index contributed by atoms with van der Waals surface area (Å²) in [5.41, 5.74) is 0. The second kappa shape index (κ2) is 8.53. The first-order valence-electron chi connectivity index (χ1n) is 6.40. The van der Waals surface area contributed by atoms with Crippen molar-refractivity contribution in [2.75, 3.05) is 32.8 Å². The second-order valence-electron chi connectivity index (χ2n) is 4.30. The fourth-order valence-corrected chi connectivity index (χ4v) is 1.85. The molecule has 0 saturated carbocycles. The van der Waals surface area contributed by atoms with E-state index in [0.29, 0.717) is 0 Å². The first-order valence-corrected chi connectivity index (χ1v) is 6.40. The SMILES string of the molecule is CCCOCCCNC(=O)[C@@H]1CCCNC1. The molecule has 0 aliphatic carbocycles. The standard InChI is InChI=1S/C12H24N2O2/c1-2-8-16-9-4-7-14-12(15)11-5-3-6-13-10-11/h11,13H,2-10H2,1H3,(H,14,15)/t11-/m1/s1. The van der Waals surface area contributed by atoms with Gasteiger partial charge in [0.25, 0.3) is 0 Å². The van der Waals surface area contributed by atoms with Gasteiger partial charge < -0.3 is 15.4 Å². The van der Waals surface area contributed by atoms with Crippen molar-refractivity contribution in [1.29, 1.82) is 0 Å². The molecule has 2 N–H and O–H groups in total. The predicted octanol–water partition coefficient (Wildman–Crippen LogP) is 0.919. The van der Waals surface area contributed by atoms with Crippen molar-refractivity contribution in [2.45, 2.75) is 32.6 Å². The van der Waals surface area contributed by atoms with Gasteiger partial charge in [-0.25, -0.2) is 0 Å². The van der Waals surface area contributed by atoms with Crippen LogP contribution in [0.5, 0.6) is 0 Å². The van der Waals surface area contributed by atoms with Crippen molar-refractivity contribution < 1.29 is 9.53 Å². The van der Waals surface area contributed by atoms with Crippen LogP contribution in [0, 0.1) is 5.92 Å². The zero-order chi connectivity index (χ0) is 11.6. The van der Waals surface area contributed by atoms with Gasteiger partial charge in [-0.05, 0) is 32.2 Å². The van der Waals surface area contributed by atoms with E-state index in [1.165, 1.54) is 0 Å². The number of carbonyl (C=O) groups is 1. The van der Waals surface area contributed by atoms with E-state index >= 15 is 0 Å². The van der Waals surface area contributed by atoms with Gasteiger partial charge in [0.2, 0.25) is 5.91 Å². The number of ether oxygens (including phenoxy) is 1. The lowest BCUT2D eigenvalue weighted by Gasteiger charge is -2.21. The Morgan fingerprint density at radius 1 is 1.50 bits per heavy atom. The zero-order valence-electron chi connectivity index (χ0n) is 10.3. The average molecular weight is 228 g/mol. The number of amides is 1. The van der Waals surface area contributed by atoms with Gasteiger partial charge in [0, 0.05) is 26.3 Å². The minimum Gasteiger partial charge on any atom is -0.381 e. The molecule has 1 atom stereocenters. The Kier molecular flexibility index (Phi) is 7.17. The summed E-state index contributed by atoms with van der Waals surface area (Å²) in [7, 11) is 0. The van der Waals surface area contributed by atoms with Crippen LogP contribution in [0.1, 0.15) is 32.6 Å². The van der Waals surface area contributed by atoms with Crippen molar-refractivity contribution in [3.8, 4) is 0 Å². The van der Waals surface area contributed by atoms with Crippen molar-refractivity contribution in [3.63, 3.8) is 0 Å². The van der Waals surface area contributed by atoms with Crippen LogP contribution in [0.3, 0.4) is 0 Å². The van der Waals surface area contributed by atoms with E-state index in [2.05, 4.69) is 17.6 Å². The van der Waals surface area contributed by atoms with Crippen molar-refractivity contribution in [2.24, 2.45) is 5.92 Å². The monoisotopic (exact) mass is 228 g/mol. The predicted molar refractivity (Wildman–Crippen MR) is 64.3 cm³/mol. The minimum absolute atomic E-state index is 0.172. The normalized spacial score (nSPS) is 20.7. The lowest BCUT2D eigenvalue weighted by atomic mass is 9.99.